The summed E-state index contributed by atoms with van der Waals surface area (Å²) >= 11 is 0. The number of halogens is 1. The third kappa shape index (κ3) is 4.06. The molecule has 1 heterocycles. The zero-order chi connectivity index (χ0) is 18.7. The highest BCUT2D eigenvalue weighted by Gasteiger charge is 2.29. The zero-order valence-corrected chi connectivity index (χ0v) is 15.8. The van der Waals surface area contributed by atoms with E-state index in [-0.39, 0.29) is 5.82 Å². The van der Waals surface area contributed by atoms with Crippen LogP contribution in [0.1, 0.15) is 11.1 Å². The molecule has 0 atom stereocenters. The molecule has 0 amide bonds. The minimum absolute atomic E-state index is 0.250. The van der Waals surface area contributed by atoms with E-state index in [0.717, 1.165) is 5.56 Å². The third-order valence-corrected chi connectivity index (χ3v) is 6.71. The Bertz CT molecular complexity index is 861. The highest BCUT2D eigenvalue weighted by molar-refractivity contribution is 7.89. The van der Waals surface area contributed by atoms with Gasteiger partial charge in [0, 0.05) is 32.7 Å². The van der Waals surface area contributed by atoms with Crippen molar-refractivity contribution in [2.75, 3.05) is 33.3 Å². The number of hydrogen-bond donors (Lipinski definition) is 0. The Morgan fingerprint density at radius 1 is 1.04 bits per heavy atom. The van der Waals surface area contributed by atoms with Gasteiger partial charge < -0.3 is 4.74 Å². The smallest absolute Gasteiger partial charge is 0.243 e. The number of nitrogens with zero attached hydrogens (tertiary/aromatic N) is 2. The molecule has 0 radical (unpaired) electrons. The molecular formula is C19H23FN2O3S. The molecule has 2 aromatic rings. The first-order chi connectivity index (χ1) is 12.4. The molecule has 0 aromatic heterocycles. The molecule has 7 heteroatoms. The Labute approximate surface area is 154 Å². The van der Waals surface area contributed by atoms with Crippen molar-refractivity contribution in [1.82, 2.24) is 9.21 Å². The first kappa shape index (κ1) is 18.8. The second kappa shape index (κ2) is 7.73. The molecule has 0 N–H and O–H groups in total. The molecule has 0 bridgehead atoms. The minimum atomic E-state index is -3.52. The summed E-state index contributed by atoms with van der Waals surface area (Å²) in [6.45, 7) is 4.64. The van der Waals surface area contributed by atoms with Gasteiger partial charge in [-0.15, -0.1) is 0 Å². The number of rotatable bonds is 5. The monoisotopic (exact) mass is 378 g/mol. The van der Waals surface area contributed by atoms with Gasteiger partial charge in [-0.05, 0) is 48.4 Å². The first-order valence-corrected chi connectivity index (χ1v) is 9.96. The molecule has 0 spiro atoms. The second-order valence-corrected chi connectivity index (χ2v) is 8.34. The van der Waals surface area contributed by atoms with Crippen LogP contribution >= 0.6 is 0 Å². The Hall–Kier alpha value is -1.96. The maximum atomic E-state index is 13.0. The average Bonchev–Trinajstić information content (AvgIpc) is 2.63. The molecule has 0 aliphatic carbocycles. The lowest BCUT2D eigenvalue weighted by molar-refractivity contribution is 0.181. The standard InChI is InChI=1S/C19H23FN2O3S/c1-15-13-18(25-2)7-8-19(15)26(23,24)22-11-9-21(10-12-22)14-16-3-5-17(20)6-4-16/h3-8,13H,9-12,14H2,1-2H3. The fourth-order valence-corrected chi connectivity index (χ4v) is 4.78. The van der Waals surface area contributed by atoms with Crippen LogP contribution in [0.4, 0.5) is 4.39 Å². The fourth-order valence-electron chi connectivity index (χ4n) is 3.15. The van der Waals surface area contributed by atoms with Crippen molar-refractivity contribution in [1.29, 1.82) is 0 Å². The molecule has 1 saturated heterocycles. The Morgan fingerprint density at radius 3 is 2.27 bits per heavy atom. The van der Waals surface area contributed by atoms with E-state index in [1.54, 1.807) is 44.4 Å². The number of ether oxygens (including phenoxy) is 1. The highest BCUT2D eigenvalue weighted by Crippen LogP contribution is 2.25. The number of aryl methyl sites for hydroxylation is 1. The van der Waals surface area contributed by atoms with E-state index in [1.165, 1.54) is 16.4 Å². The van der Waals surface area contributed by atoms with Crippen LogP contribution in [-0.4, -0.2) is 50.9 Å². The summed E-state index contributed by atoms with van der Waals surface area (Å²) in [6, 6.07) is 11.4. The van der Waals surface area contributed by atoms with E-state index in [1.807, 2.05) is 0 Å². The summed E-state index contributed by atoms with van der Waals surface area (Å²) in [4.78, 5) is 2.51. The van der Waals surface area contributed by atoms with Crippen LogP contribution < -0.4 is 4.74 Å². The van der Waals surface area contributed by atoms with E-state index in [4.69, 9.17) is 4.74 Å². The van der Waals surface area contributed by atoms with Gasteiger partial charge in [-0.2, -0.15) is 4.31 Å². The molecule has 1 aliphatic rings. The van der Waals surface area contributed by atoms with Crippen molar-refractivity contribution in [3.8, 4) is 5.75 Å². The van der Waals surface area contributed by atoms with E-state index >= 15 is 0 Å². The minimum Gasteiger partial charge on any atom is -0.497 e. The molecule has 26 heavy (non-hydrogen) atoms. The van der Waals surface area contributed by atoms with Crippen molar-refractivity contribution in [2.45, 2.75) is 18.4 Å². The average molecular weight is 378 g/mol. The summed E-state index contributed by atoms with van der Waals surface area (Å²) in [7, 11) is -1.96. The van der Waals surface area contributed by atoms with Gasteiger partial charge in [-0.1, -0.05) is 12.1 Å². The molecular weight excluding hydrogens is 355 g/mol. The van der Waals surface area contributed by atoms with Crippen LogP contribution in [0.15, 0.2) is 47.4 Å². The van der Waals surface area contributed by atoms with Crippen LogP contribution in [0.5, 0.6) is 5.75 Å². The first-order valence-electron chi connectivity index (χ1n) is 8.52. The van der Waals surface area contributed by atoms with E-state index < -0.39 is 10.0 Å². The van der Waals surface area contributed by atoms with E-state index in [9.17, 15) is 12.8 Å². The Balaban J connectivity index is 1.66. The molecule has 5 nitrogen and oxygen atoms in total. The molecule has 0 unspecified atom stereocenters. The molecule has 1 aliphatic heterocycles. The summed E-state index contributed by atoms with van der Waals surface area (Å²) < 4.78 is 45.5. The Morgan fingerprint density at radius 2 is 1.69 bits per heavy atom. The maximum Gasteiger partial charge on any atom is 0.243 e. The number of hydrogen-bond acceptors (Lipinski definition) is 4. The number of methoxy groups -OCH3 is 1. The number of sulfonamides is 1. The summed E-state index contributed by atoms with van der Waals surface area (Å²) in [6.07, 6.45) is 0. The van der Waals surface area contributed by atoms with Crippen molar-refractivity contribution < 1.29 is 17.5 Å². The van der Waals surface area contributed by atoms with Gasteiger partial charge in [-0.25, -0.2) is 12.8 Å². The number of piperazine rings is 1. The third-order valence-electron chi connectivity index (χ3n) is 4.65. The van der Waals surface area contributed by atoms with Gasteiger partial charge >= 0.3 is 0 Å². The van der Waals surface area contributed by atoms with Crippen molar-refractivity contribution in [3.05, 3.63) is 59.4 Å². The zero-order valence-electron chi connectivity index (χ0n) is 15.0. The lowest BCUT2D eigenvalue weighted by Gasteiger charge is -2.34. The van der Waals surface area contributed by atoms with Gasteiger partial charge in [-0.3, -0.25) is 4.90 Å². The van der Waals surface area contributed by atoms with Crippen molar-refractivity contribution in [2.24, 2.45) is 0 Å². The highest BCUT2D eigenvalue weighted by atomic mass is 32.2. The van der Waals surface area contributed by atoms with Crippen LogP contribution in [0.2, 0.25) is 0 Å². The Kier molecular flexibility index (Phi) is 5.60. The van der Waals surface area contributed by atoms with Gasteiger partial charge in [0.15, 0.2) is 0 Å². The van der Waals surface area contributed by atoms with Crippen molar-refractivity contribution >= 4 is 10.0 Å². The van der Waals surface area contributed by atoms with Crippen LogP contribution in [0, 0.1) is 12.7 Å². The normalized spacial score (nSPS) is 16.6. The van der Waals surface area contributed by atoms with E-state index in [0.29, 0.717) is 48.9 Å². The second-order valence-electron chi connectivity index (χ2n) is 6.44. The summed E-state index contributed by atoms with van der Waals surface area (Å²) in [5.41, 5.74) is 1.70. The number of benzene rings is 2. The lowest BCUT2D eigenvalue weighted by Crippen LogP contribution is -2.48. The van der Waals surface area contributed by atoms with Crippen molar-refractivity contribution in [3.63, 3.8) is 0 Å². The largest absolute Gasteiger partial charge is 0.497 e. The summed E-state index contributed by atoms with van der Waals surface area (Å²) in [5, 5.41) is 0. The SMILES string of the molecule is COc1ccc(S(=O)(=O)N2CCN(Cc3ccc(F)cc3)CC2)c(C)c1. The predicted molar refractivity (Wildman–Crippen MR) is 98.2 cm³/mol. The maximum absolute atomic E-state index is 13.0. The van der Waals surface area contributed by atoms with Gasteiger partial charge in [0.2, 0.25) is 10.0 Å². The van der Waals surface area contributed by atoms with Crippen LogP contribution in [0.25, 0.3) is 0 Å². The van der Waals surface area contributed by atoms with Crippen LogP contribution in [0.3, 0.4) is 0 Å². The lowest BCUT2D eigenvalue weighted by atomic mass is 10.2. The fraction of sp³-hybridized carbons (Fsp3) is 0.368. The molecule has 0 saturated carbocycles. The molecule has 1 fully saturated rings. The van der Waals surface area contributed by atoms with Gasteiger partial charge in [0.25, 0.3) is 0 Å². The predicted octanol–water partition coefficient (Wildman–Crippen LogP) is 2.65. The van der Waals surface area contributed by atoms with Crippen LogP contribution in [-0.2, 0) is 16.6 Å². The molecule has 3 rings (SSSR count). The quantitative estimate of drug-likeness (QED) is 0.803. The molecule has 140 valence electrons. The summed E-state index contributed by atoms with van der Waals surface area (Å²) in [5.74, 6) is 0.394. The van der Waals surface area contributed by atoms with Gasteiger partial charge in [0.1, 0.15) is 11.6 Å². The molecule has 2 aromatic carbocycles. The topological polar surface area (TPSA) is 49.9 Å². The van der Waals surface area contributed by atoms with E-state index in [2.05, 4.69) is 4.90 Å². The van der Waals surface area contributed by atoms with Gasteiger partial charge in [0.05, 0.1) is 12.0 Å².